The lowest BCUT2D eigenvalue weighted by Crippen LogP contribution is -2.41. The second kappa shape index (κ2) is 9.10. The molecular formula is C16H29N5S. The van der Waals surface area contributed by atoms with E-state index >= 15 is 0 Å². The number of guanidine groups is 1. The number of nitrogens with zero attached hydrogens (tertiary/aromatic N) is 3. The molecule has 1 aromatic heterocycles. The molecule has 124 valence electrons. The molecule has 0 aliphatic carbocycles. The summed E-state index contributed by atoms with van der Waals surface area (Å²) in [4.78, 5) is 12.6. The van der Waals surface area contributed by atoms with Crippen molar-refractivity contribution in [3.63, 3.8) is 0 Å². The molecular weight excluding hydrogens is 294 g/mol. The van der Waals surface area contributed by atoms with E-state index in [1.165, 1.54) is 43.6 Å². The molecule has 0 atom stereocenters. The highest BCUT2D eigenvalue weighted by Gasteiger charge is 2.09. The SMILES string of the molecule is CN=C(NCCN1CCCCCC1)NCc1sc(C)nc1C. The van der Waals surface area contributed by atoms with Crippen molar-refractivity contribution < 1.29 is 0 Å². The van der Waals surface area contributed by atoms with E-state index in [0.717, 1.165) is 36.3 Å². The largest absolute Gasteiger partial charge is 0.355 e. The van der Waals surface area contributed by atoms with Gasteiger partial charge in [0.05, 0.1) is 17.2 Å². The lowest BCUT2D eigenvalue weighted by Gasteiger charge is -2.20. The Morgan fingerprint density at radius 3 is 2.50 bits per heavy atom. The standard InChI is InChI=1S/C16H29N5S/c1-13-15(22-14(2)20-13)12-19-16(17-3)18-8-11-21-9-6-4-5-7-10-21/h4-12H2,1-3H3,(H2,17,18,19). The first-order valence-corrected chi connectivity index (χ1v) is 9.10. The second-order valence-corrected chi connectivity index (χ2v) is 7.14. The van der Waals surface area contributed by atoms with E-state index in [2.05, 4.69) is 39.4 Å². The minimum absolute atomic E-state index is 0.792. The minimum atomic E-state index is 0.792. The quantitative estimate of drug-likeness (QED) is 0.645. The number of thiazole rings is 1. The summed E-state index contributed by atoms with van der Waals surface area (Å²) in [5.74, 6) is 0.875. The Hall–Kier alpha value is -1.14. The van der Waals surface area contributed by atoms with Crippen molar-refractivity contribution in [2.45, 2.75) is 46.1 Å². The van der Waals surface area contributed by atoms with Crippen LogP contribution in [0.15, 0.2) is 4.99 Å². The molecule has 5 nitrogen and oxygen atoms in total. The molecule has 2 heterocycles. The topological polar surface area (TPSA) is 52.6 Å². The van der Waals surface area contributed by atoms with Crippen molar-refractivity contribution in [2.24, 2.45) is 4.99 Å². The summed E-state index contributed by atoms with van der Waals surface area (Å²) >= 11 is 1.75. The number of hydrogen-bond donors (Lipinski definition) is 2. The number of aryl methyl sites for hydroxylation is 2. The number of hydrogen-bond acceptors (Lipinski definition) is 4. The highest BCUT2D eigenvalue weighted by Crippen LogP contribution is 2.16. The molecule has 1 fully saturated rings. The summed E-state index contributed by atoms with van der Waals surface area (Å²) < 4.78 is 0. The number of nitrogens with one attached hydrogen (secondary N) is 2. The van der Waals surface area contributed by atoms with Gasteiger partial charge in [0, 0.05) is 25.0 Å². The van der Waals surface area contributed by atoms with Gasteiger partial charge in [-0.2, -0.15) is 0 Å². The van der Waals surface area contributed by atoms with Crippen LogP contribution < -0.4 is 10.6 Å². The number of aliphatic imine (C=N–C) groups is 1. The van der Waals surface area contributed by atoms with Crippen LogP contribution in [0.1, 0.15) is 41.3 Å². The predicted molar refractivity (Wildman–Crippen MR) is 94.7 cm³/mol. The normalized spacial score (nSPS) is 17.3. The summed E-state index contributed by atoms with van der Waals surface area (Å²) in [6, 6.07) is 0. The molecule has 2 N–H and O–H groups in total. The van der Waals surface area contributed by atoms with Gasteiger partial charge in [0.15, 0.2) is 5.96 Å². The Balaban J connectivity index is 1.69. The van der Waals surface area contributed by atoms with Gasteiger partial charge in [-0.05, 0) is 39.8 Å². The van der Waals surface area contributed by atoms with Crippen molar-refractivity contribution in [1.29, 1.82) is 0 Å². The van der Waals surface area contributed by atoms with Crippen molar-refractivity contribution in [2.75, 3.05) is 33.2 Å². The van der Waals surface area contributed by atoms with Crippen molar-refractivity contribution in [1.82, 2.24) is 20.5 Å². The molecule has 0 radical (unpaired) electrons. The third kappa shape index (κ3) is 5.57. The van der Waals surface area contributed by atoms with Crippen LogP contribution in [-0.2, 0) is 6.54 Å². The number of rotatable bonds is 5. The van der Waals surface area contributed by atoms with Gasteiger partial charge in [-0.15, -0.1) is 11.3 Å². The maximum atomic E-state index is 4.46. The highest BCUT2D eigenvalue weighted by molar-refractivity contribution is 7.11. The van der Waals surface area contributed by atoms with Crippen LogP contribution in [0.25, 0.3) is 0 Å². The Labute approximate surface area is 138 Å². The first-order chi connectivity index (χ1) is 10.7. The molecule has 0 spiro atoms. The molecule has 0 saturated carbocycles. The Kier molecular flexibility index (Phi) is 7.12. The van der Waals surface area contributed by atoms with E-state index < -0.39 is 0 Å². The molecule has 1 saturated heterocycles. The van der Waals surface area contributed by atoms with Crippen LogP contribution in [0, 0.1) is 13.8 Å². The van der Waals surface area contributed by atoms with Gasteiger partial charge in [0.1, 0.15) is 0 Å². The third-order valence-electron chi connectivity index (χ3n) is 4.06. The second-order valence-electron chi connectivity index (χ2n) is 5.85. The summed E-state index contributed by atoms with van der Waals surface area (Å²) in [6.45, 7) is 9.44. The van der Waals surface area contributed by atoms with E-state index in [4.69, 9.17) is 0 Å². The summed E-state index contributed by atoms with van der Waals surface area (Å²) in [5, 5.41) is 7.92. The van der Waals surface area contributed by atoms with Crippen LogP contribution in [-0.4, -0.2) is 49.1 Å². The zero-order chi connectivity index (χ0) is 15.8. The fraction of sp³-hybridized carbons (Fsp3) is 0.750. The van der Waals surface area contributed by atoms with E-state index in [9.17, 15) is 0 Å². The molecule has 6 heteroatoms. The summed E-state index contributed by atoms with van der Waals surface area (Å²) in [7, 11) is 1.83. The maximum absolute atomic E-state index is 4.46. The Morgan fingerprint density at radius 2 is 1.91 bits per heavy atom. The van der Waals surface area contributed by atoms with E-state index in [1.807, 2.05) is 7.05 Å². The van der Waals surface area contributed by atoms with Gasteiger partial charge in [-0.1, -0.05) is 12.8 Å². The van der Waals surface area contributed by atoms with Crippen LogP contribution in [0.5, 0.6) is 0 Å². The van der Waals surface area contributed by atoms with Gasteiger partial charge < -0.3 is 15.5 Å². The molecule has 0 unspecified atom stereocenters. The zero-order valence-corrected chi connectivity index (χ0v) is 14.9. The monoisotopic (exact) mass is 323 g/mol. The van der Waals surface area contributed by atoms with E-state index in [0.29, 0.717) is 0 Å². The van der Waals surface area contributed by atoms with Crippen LogP contribution in [0.2, 0.25) is 0 Å². The molecule has 1 aromatic rings. The molecule has 1 aliphatic rings. The van der Waals surface area contributed by atoms with Gasteiger partial charge in [0.25, 0.3) is 0 Å². The third-order valence-corrected chi connectivity index (χ3v) is 5.13. The minimum Gasteiger partial charge on any atom is -0.355 e. The van der Waals surface area contributed by atoms with Crippen molar-refractivity contribution >= 4 is 17.3 Å². The predicted octanol–water partition coefficient (Wildman–Crippen LogP) is 2.30. The fourth-order valence-corrected chi connectivity index (χ4v) is 3.69. The summed E-state index contributed by atoms with van der Waals surface area (Å²) in [5.41, 5.74) is 1.12. The van der Waals surface area contributed by atoms with Crippen LogP contribution in [0.3, 0.4) is 0 Å². The van der Waals surface area contributed by atoms with Crippen molar-refractivity contribution in [3.8, 4) is 0 Å². The Morgan fingerprint density at radius 1 is 1.18 bits per heavy atom. The number of likely N-dealkylation sites (tertiary alicyclic amines) is 1. The van der Waals surface area contributed by atoms with Crippen LogP contribution >= 0.6 is 11.3 Å². The summed E-state index contributed by atoms with van der Waals surface area (Å²) in [6.07, 6.45) is 5.47. The lowest BCUT2D eigenvalue weighted by molar-refractivity contribution is 0.289. The maximum Gasteiger partial charge on any atom is 0.191 e. The Bertz CT molecular complexity index is 475. The smallest absolute Gasteiger partial charge is 0.191 e. The molecule has 0 bridgehead atoms. The average molecular weight is 324 g/mol. The average Bonchev–Trinajstić information content (AvgIpc) is 2.70. The first-order valence-electron chi connectivity index (χ1n) is 8.29. The first kappa shape index (κ1) is 17.2. The molecule has 1 aliphatic heterocycles. The number of aromatic nitrogens is 1. The van der Waals surface area contributed by atoms with Gasteiger partial charge >= 0.3 is 0 Å². The lowest BCUT2D eigenvalue weighted by atomic mass is 10.2. The van der Waals surface area contributed by atoms with Gasteiger partial charge in [0.2, 0.25) is 0 Å². The molecule has 0 amide bonds. The van der Waals surface area contributed by atoms with Crippen molar-refractivity contribution in [3.05, 3.63) is 15.6 Å². The van der Waals surface area contributed by atoms with E-state index in [1.54, 1.807) is 11.3 Å². The highest BCUT2D eigenvalue weighted by atomic mass is 32.1. The molecule has 22 heavy (non-hydrogen) atoms. The fourth-order valence-electron chi connectivity index (χ4n) is 2.81. The van der Waals surface area contributed by atoms with Crippen LogP contribution in [0.4, 0.5) is 0 Å². The van der Waals surface area contributed by atoms with Gasteiger partial charge in [-0.25, -0.2) is 4.98 Å². The van der Waals surface area contributed by atoms with Gasteiger partial charge in [-0.3, -0.25) is 4.99 Å². The molecule has 2 rings (SSSR count). The zero-order valence-electron chi connectivity index (χ0n) is 14.1. The molecule has 0 aromatic carbocycles. The van der Waals surface area contributed by atoms with E-state index in [-0.39, 0.29) is 0 Å².